The molecule has 29 heavy (non-hydrogen) atoms. The number of amides is 1. The Kier molecular flexibility index (Phi) is 4.62. The molecule has 0 spiro atoms. The van der Waals surface area contributed by atoms with Gasteiger partial charge in [-0.3, -0.25) is 9.59 Å². The lowest BCUT2D eigenvalue weighted by Gasteiger charge is -2.37. The molecule has 2 aromatic rings. The fourth-order valence-corrected chi connectivity index (χ4v) is 5.30. The van der Waals surface area contributed by atoms with Crippen molar-refractivity contribution in [1.82, 2.24) is 4.90 Å². The number of fused-ring (bicyclic) bond motifs is 1. The largest absolute Gasteiger partial charge is 0.483 e. The van der Waals surface area contributed by atoms with Crippen LogP contribution >= 0.6 is 15.9 Å². The average Bonchev–Trinajstić information content (AvgIpc) is 3.31. The van der Waals surface area contributed by atoms with Gasteiger partial charge in [0.2, 0.25) is 0 Å². The Labute approximate surface area is 177 Å². The third-order valence-electron chi connectivity index (χ3n) is 6.28. The fraction of sp³-hybridized carbons (Fsp3) is 0.391. The SMILES string of the molecule is CC1CCC2OC3=C(C(=O)C2C1)C(c1cccc(Br)c1)N(Cc1ccco1)C3=O. The van der Waals surface area contributed by atoms with Crippen molar-refractivity contribution in [2.75, 3.05) is 0 Å². The van der Waals surface area contributed by atoms with Gasteiger partial charge in [0.05, 0.1) is 30.3 Å². The van der Waals surface area contributed by atoms with E-state index in [-0.39, 0.29) is 29.5 Å². The number of ether oxygens (including phenoxy) is 1. The van der Waals surface area contributed by atoms with Crippen LogP contribution in [0.25, 0.3) is 0 Å². The van der Waals surface area contributed by atoms with Gasteiger partial charge >= 0.3 is 0 Å². The fourth-order valence-electron chi connectivity index (χ4n) is 4.88. The molecule has 1 aliphatic carbocycles. The lowest BCUT2D eigenvalue weighted by molar-refractivity contribution is -0.136. The topological polar surface area (TPSA) is 59.8 Å². The summed E-state index contributed by atoms with van der Waals surface area (Å²) in [6, 6.07) is 11.0. The van der Waals surface area contributed by atoms with Crippen LogP contribution in [-0.4, -0.2) is 22.7 Å². The van der Waals surface area contributed by atoms with Crippen molar-refractivity contribution in [3.63, 3.8) is 0 Å². The van der Waals surface area contributed by atoms with Gasteiger partial charge < -0.3 is 14.1 Å². The van der Waals surface area contributed by atoms with Crippen LogP contribution in [0.5, 0.6) is 0 Å². The summed E-state index contributed by atoms with van der Waals surface area (Å²) in [6.07, 6.45) is 4.07. The zero-order valence-corrected chi connectivity index (χ0v) is 17.7. The number of hydrogen-bond acceptors (Lipinski definition) is 4. The summed E-state index contributed by atoms with van der Waals surface area (Å²) in [6.45, 7) is 2.47. The van der Waals surface area contributed by atoms with Crippen LogP contribution in [0.15, 0.2) is 62.9 Å². The molecule has 1 saturated carbocycles. The first-order valence-electron chi connectivity index (χ1n) is 10.1. The summed E-state index contributed by atoms with van der Waals surface area (Å²) in [5.41, 5.74) is 1.40. The first kappa shape index (κ1) is 18.7. The number of ketones is 1. The van der Waals surface area contributed by atoms with Crippen LogP contribution in [-0.2, 0) is 20.9 Å². The Morgan fingerprint density at radius 1 is 1.17 bits per heavy atom. The molecule has 0 radical (unpaired) electrons. The van der Waals surface area contributed by atoms with Gasteiger partial charge in [0.25, 0.3) is 5.91 Å². The zero-order chi connectivity index (χ0) is 20.1. The van der Waals surface area contributed by atoms with Crippen molar-refractivity contribution in [1.29, 1.82) is 0 Å². The molecule has 4 atom stereocenters. The Morgan fingerprint density at radius 3 is 2.79 bits per heavy atom. The molecule has 6 heteroatoms. The predicted octanol–water partition coefficient (Wildman–Crippen LogP) is 4.78. The Balaban J connectivity index is 1.59. The van der Waals surface area contributed by atoms with E-state index in [0.29, 0.717) is 23.8 Å². The summed E-state index contributed by atoms with van der Waals surface area (Å²) in [5, 5.41) is 0. The predicted molar refractivity (Wildman–Crippen MR) is 110 cm³/mol. The minimum Gasteiger partial charge on any atom is -0.483 e. The number of hydrogen-bond donors (Lipinski definition) is 0. The van der Waals surface area contributed by atoms with Gasteiger partial charge in [-0.2, -0.15) is 0 Å². The second kappa shape index (κ2) is 7.17. The highest BCUT2D eigenvalue weighted by atomic mass is 79.9. The van der Waals surface area contributed by atoms with Crippen molar-refractivity contribution in [2.24, 2.45) is 11.8 Å². The number of rotatable bonds is 3. The van der Waals surface area contributed by atoms with E-state index in [0.717, 1.165) is 29.3 Å². The van der Waals surface area contributed by atoms with Crippen LogP contribution in [0.3, 0.4) is 0 Å². The van der Waals surface area contributed by atoms with Crippen LogP contribution in [0.4, 0.5) is 0 Å². The van der Waals surface area contributed by atoms with Crippen LogP contribution in [0.2, 0.25) is 0 Å². The minimum atomic E-state index is -0.467. The average molecular weight is 456 g/mol. The maximum Gasteiger partial charge on any atom is 0.290 e. The molecule has 1 aromatic carbocycles. The van der Waals surface area contributed by atoms with Crippen LogP contribution < -0.4 is 0 Å². The molecule has 150 valence electrons. The van der Waals surface area contributed by atoms with Crippen molar-refractivity contribution in [3.8, 4) is 0 Å². The van der Waals surface area contributed by atoms with Crippen molar-refractivity contribution >= 4 is 27.6 Å². The van der Waals surface area contributed by atoms with E-state index in [1.807, 2.05) is 30.3 Å². The lowest BCUT2D eigenvalue weighted by Crippen LogP contribution is -2.41. The first-order valence-corrected chi connectivity index (χ1v) is 10.9. The van der Waals surface area contributed by atoms with E-state index >= 15 is 0 Å². The molecule has 1 amide bonds. The molecule has 2 aliphatic heterocycles. The maximum absolute atomic E-state index is 13.6. The van der Waals surface area contributed by atoms with Gasteiger partial charge in [0, 0.05) is 4.47 Å². The molecule has 1 aromatic heterocycles. The molecule has 5 rings (SSSR count). The summed E-state index contributed by atoms with van der Waals surface area (Å²) in [7, 11) is 0. The van der Waals surface area contributed by atoms with Gasteiger partial charge in [0.1, 0.15) is 11.9 Å². The second-order valence-electron chi connectivity index (χ2n) is 8.26. The van der Waals surface area contributed by atoms with E-state index in [2.05, 4.69) is 22.9 Å². The minimum absolute atomic E-state index is 0.0723. The van der Waals surface area contributed by atoms with Crippen LogP contribution in [0, 0.1) is 11.8 Å². The number of carbonyl (C=O) groups excluding carboxylic acids is 2. The van der Waals surface area contributed by atoms with Crippen molar-refractivity contribution < 1.29 is 18.7 Å². The number of furan rings is 1. The number of halogens is 1. The number of benzene rings is 1. The standard InChI is InChI=1S/C23H22BrNO4/c1-13-7-8-18-17(10-13)21(26)19-20(14-4-2-5-15(24)11-14)25(23(27)22(19)29-18)12-16-6-3-9-28-16/h2-6,9,11,13,17-18,20H,7-8,10,12H2,1H3. The molecule has 0 bridgehead atoms. The molecular weight excluding hydrogens is 434 g/mol. The monoisotopic (exact) mass is 455 g/mol. The Bertz CT molecular complexity index is 996. The highest BCUT2D eigenvalue weighted by Crippen LogP contribution is 2.48. The molecule has 4 unspecified atom stereocenters. The molecule has 3 aliphatic rings. The van der Waals surface area contributed by atoms with E-state index in [1.54, 1.807) is 17.2 Å². The van der Waals surface area contributed by atoms with E-state index in [9.17, 15) is 9.59 Å². The summed E-state index contributed by atoms with van der Waals surface area (Å²) in [5.74, 6) is 1.09. The normalized spacial score (nSPS) is 29.0. The summed E-state index contributed by atoms with van der Waals surface area (Å²) in [4.78, 5) is 28.7. The third kappa shape index (κ3) is 3.14. The number of Topliss-reactive ketones (excluding diaryl/α,β-unsaturated/α-hetero) is 1. The van der Waals surface area contributed by atoms with Gasteiger partial charge in [-0.05, 0) is 55.0 Å². The molecular formula is C23H22BrNO4. The summed E-state index contributed by atoms with van der Waals surface area (Å²) >= 11 is 3.52. The smallest absolute Gasteiger partial charge is 0.290 e. The zero-order valence-electron chi connectivity index (χ0n) is 16.1. The molecule has 0 saturated heterocycles. The Morgan fingerprint density at radius 2 is 2.03 bits per heavy atom. The molecule has 5 nitrogen and oxygen atoms in total. The number of carbonyl (C=O) groups is 2. The summed E-state index contributed by atoms with van der Waals surface area (Å²) < 4.78 is 12.6. The lowest BCUT2D eigenvalue weighted by atomic mass is 9.74. The highest BCUT2D eigenvalue weighted by molar-refractivity contribution is 9.10. The number of nitrogens with zero attached hydrogens (tertiary/aromatic N) is 1. The Hall–Kier alpha value is -2.34. The maximum atomic E-state index is 13.6. The van der Waals surface area contributed by atoms with Crippen molar-refractivity contribution in [2.45, 2.75) is 44.9 Å². The van der Waals surface area contributed by atoms with Gasteiger partial charge in [0.15, 0.2) is 11.5 Å². The van der Waals surface area contributed by atoms with E-state index in [4.69, 9.17) is 9.15 Å². The highest BCUT2D eigenvalue weighted by Gasteiger charge is 2.52. The quantitative estimate of drug-likeness (QED) is 0.667. The van der Waals surface area contributed by atoms with E-state index in [1.165, 1.54) is 0 Å². The second-order valence-corrected chi connectivity index (χ2v) is 9.17. The first-order chi connectivity index (χ1) is 14.0. The van der Waals surface area contributed by atoms with Crippen molar-refractivity contribution in [3.05, 3.63) is 69.8 Å². The van der Waals surface area contributed by atoms with Gasteiger partial charge in [-0.1, -0.05) is 35.0 Å². The van der Waals surface area contributed by atoms with E-state index < -0.39 is 6.04 Å². The molecule has 3 heterocycles. The molecule has 1 fully saturated rings. The van der Waals surface area contributed by atoms with Gasteiger partial charge in [-0.15, -0.1) is 0 Å². The molecule has 0 N–H and O–H groups in total. The van der Waals surface area contributed by atoms with Gasteiger partial charge in [-0.25, -0.2) is 0 Å². The van der Waals surface area contributed by atoms with Crippen LogP contribution in [0.1, 0.15) is 43.6 Å². The third-order valence-corrected chi connectivity index (χ3v) is 6.77.